The van der Waals surface area contributed by atoms with Crippen LogP contribution in [-0.4, -0.2) is 36.7 Å². The van der Waals surface area contributed by atoms with Crippen molar-refractivity contribution in [1.82, 2.24) is 5.32 Å². The molecular weight excluding hydrogens is 282 g/mol. The minimum Gasteiger partial charge on any atom is -0.480 e. The molecule has 116 valence electrons. The molecule has 1 amide bonds. The molecule has 1 atom stereocenters. The van der Waals surface area contributed by atoms with Crippen LogP contribution in [0.5, 0.6) is 0 Å². The Morgan fingerprint density at radius 1 is 1.18 bits per heavy atom. The summed E-state index contributed by atoms with van der Waals surface area (Å²) in [4.78, 5) is 23.1. The Morgan fingerprint density at radius 2 is 1.91 bits per heavy atom. The Kier molecular flexibility index (Phi) is 5.49. The third kappa shape index (κ3) is 4.30. The summed E-state index contributed by atoms with van der Waals surface area (Å²) in [5.41, 5.74) is 0.854. The molecule has 0 saturated carbocycles. The summed E-state index contributed by atoms with van der Waals surface area (Å²) in [6.07, 6.45) is 0.400. The molecule has 0 aliphatic heterocycles. The topological polar surface area (TPSA) is 75.6 Å². The lowest BCUT2D eigenvalue weighted by molar-refractivity contribution is -0.142. The quantitative estimate of drug-likeness (QED) is 0.820. The highest BCUT2D eigenvalue weighted by Crippen LogP contribution is 2.16. The first-order valence-corrected chi connectivity index (χ1v) is 7.09. The normalized spacial score (nSPS) is 12.0. The molecule has 0 saturated heterocycles. The molecule has 0 heterocycles. The van der Waals surface area contributed by atoms with E-state index in [9.17, 15) is 9.59 Å². The zero-order valence-corrected chi connectivity index (χ0v) is 12.4. The van der Waals surface area contributed by atoms with Crippen molar-refractivity contribution in [3.8, 4) is 0 Å². The molecule has 2 aromatic rings. The number of benzene rings is 2. The minimum atomic E-state index is -1.05. The summed E-state index contributed by atoms with van der Waals surface area (Å²) in [6.45, 7) is 0.285. The van der Waals surface area contributed by atoms with E-state index in [4.69, 9.17) is 9.84 Å². The number of hydrogen-bond acceptors (Lipinski definition) is 3. The summed E-state index contributed by atoms with van der Waals surface area (Å²) in [5, 5.41) is 13.8. The van der Waals surface area contributed by atoms with Crippen LogP contribution in [0.4, 0.5) is 0 Å². The van der Waals surface area contributed by atoms with Gasteiger partial charge in [-0.25, -0.2) is 4.79 Å². The number of nitrogens with one attached hydrogen (secondary N) is 1. The Morgan fingerprint density at radius 3 is 2.59 bits per heavy atom. The van der Waals surface area contributed by atoms with Gasteiger partial charge in [0, 0.05) is 20.1 Å². The van der Waals surface area contributed by atoms with Gasteiger partial charge < -0.3 is 15.2 Å². The van der Waals surface area contributed by atoms with Crippen molar-refractivity contribution in [2.75, 3.05) is 13.7 Å². The van der Waals surface area contributed by atoms with Gasteiger partial charge in [-0.05, 0) is 16.3 Å². The molecular formula is C17H19NO4. The van der Waals surface area contributed by atoms with Crippen LogP contribution in [0.15, 0.2) is 42.5 Å². The van der Waals surface area contributed by atoms with Gasteiger partial charge in [0.15, 0.2) is 0 Å². The van der Waals surface area contributed by atoms with Crippen LogP contribution >= 0.6 is 0 Å². The predicted molar refractivity (Wildman–Crippen MR) is 83.7 cm³/mol. The Labute approximate surface area is 128 Å². The van der Waals surface area contributed by atoms with Gasteiger partial charge in [-0.15, -0.1) is 0 Å². The number of carbonyl (C=O) groups excluding carboxylic acids is 1. The average molecular weight is 301 g/mol. The summed E-state index contributed by atoms with van der Waals surface area (Å²) in [5.74, 6) is -1.36. The second kappa shape index (κ2) is 7.56. The van der Waals surface area contributed by atoms with Crippen molar-refractivity contribution in [2.45, 2.75) is 18.9 Å². The highest BCUT2D eigenvalue weighted by atomic mass is 16.5. The van der Waals surface area contributed by atoms with Gasteiger partial charge in [0.05, 0.1) is 6.42 Å². The third-order valence-electron chi connectivity index (χ3n) is 3.42. The Bertz CT molecular complexity index is 669. The van der Waals surface area contributed by atoms with Crippen molar-refractivity contribution >= 4 is 22.6 Å². The third-order valence-corrected chi connectivity index (χ3v) is 3.42. The molecule has 2 N–H and O–H groups in total. The fraction of sp³-hybridized carbons (Fsp3) is 0.294. The summed E-state index contributed by atoms with van der Waals surface area (Å²) in [6, 6.07) is 12.7. The molecule has 1 unspecified atom stereocenters. The van der Waals surface area contributed by atoms with E-state index >= 15 is 0 Å². The Hall–Kier alpha value is -2.40. The maximum atomic E-state index is 12.0. The SMILES string of the molecule is COCCC(NC(=O)Cc1ccc2ccccc2c1)C(=O)O. The number of carboxylic acid groups (broad SMARTS) is 1. The van der Waals surface area contributed by atoms with Crippen molar-refractivity contribution in [1.29, 1.82) is 0 Å². The fourth-order valence-electron chi connectivity index (χ4n) is 2.27. The van der Waals surface area contributed by atoms with E-state index in [1.165, 1.54) is 7.11 Å². The second-order valence-electron chi connectivity index (χ2n) is 5.10. The van der Waals surface area contributed by atoms with Crippen LogP contribution < -0.4 is 5.32 Å². The minimum absolute atomic E-state index is 0.154. The van der Waals surface area contributed by atoms with E-state index in [1.807, 2.05) is 42.5 Å². The van der Waals surface area contributed by atoms with E-state index in [-0.39, 0.29) is 25.4 Å². The average Bonchev–Trinajstić information content (AvgIpc) is 2.51. The van der Waals surface area contributed by atoms with Crippen LogP contribution in [0.3, 0.4) is 0 Å². The molecule has 2 rings (SSSR count). The lowest BCUT2D eigenvalue weighted by Gasteiger charge is -2.14. The number of carbonyl (C=O) groups is 2. The number of ether oxygens (including phenoxy) is 1. The highest BCUT2D eigenvalue weighted by Gasteiger charge is 2.19. The lowest BCUT2D eigenvalue weighted by atomic mass is 10.0. The molecule has 5 nitrogen and oxygen atoms in total. The first-order chi connectivity index (χ1) is 10.6. The second-order valence-corrected chi connectivity index (χ2v) is 5.10. The number of hydrogen-bond donors (Lipinski definition) is 2. The number of rotatable bonds is 7. The first kappa shape index (κ1) is 16.0. The molecule has 0 fully saturated rings. The van der Waals surface area contributed by atoms with Gasteiger partial charge in [0.2, 0.25) is 5.91 Å². The molecule has 0 bridgehead atoms. The van der Waals surface area contributed by atoms with Crippen molar-refractivity contribution in [2.24, 2.45) is 0 Å². The smallest absolute Gasteiger partial charge is 0.326 e. The lowest BCUT2D eigenvalue weighted by Crippen LogP contribution is -2.42. The standard InChI is InChI=1S/C17H19NO4/c1-22-9-8-15(17(20)21)18-16(19)11-12-6-7-13-4-2-3-5-14(13)10-12/h2-7,10,15H,8-9,11H2,1H3,(H,18,19)(H,20,21). The van der Waals surface area contributed by atoms with Gasteiger partial charge in [-0.1, -0.05) is 42.5 Å². The van der Waals surface area contributed by atoms with Gasteiger partial charge >= 0.3 is 5.97 Å². The van der Waals surface area contributed by atoms with Crippen LogP contribution in [-0.2, 0) is 20.7 Å². The molecule has 0 spiro atoms. The monoisotopic (exact) mass is 301 g/mol. The van der Waals surface area contributed by atoms with E-state index in [0.29, 0.717) is 0 Å². The van der Waals surface area contributed by atoms with Gasteiger partial charge in [0.1, 0.15) is 6.04 Å². The maximum Gasteiger partial charge on any atom is 0.326 e. The van der Waals surface area contributed by atoms with Crippen LogP contribution in [0, 0.1) is 0 Å². The molecule has 0 aliphatic rings. The largest absolute Gasteiger partial charge is 0.480 e. The predicted octanol–water partition coefficient (Wildman–Crippen LogP) is 1.99. The molecule has 2 aromatic carbocycles. The Balaban J connectivity index is 2.01. The highest BCUT2D eigenvalue weighted by molar-refractivity contribution is 5.87. The maximum absolute atomic E-state index is 12.0. The summed E-state index contributed by atoms with van der Waals surface area (Å²) < 4.78 is 4.86. The van der Waals surface area contributed by atoms with E-state index in [0.717, 1.165) is 16.3 Å². The molecule has 0 aliphatic carbocycles. The fourth-order valence-corrected chi connectivity index (χ4v) is 2.27. The van der Waals surface area contributed by atoms with Crippen molar-refractivity contribution in [3.63, 3.8) is 0 Å². The van der Waals surface area contributed by atoms with Gasteiger partial charge in [-0.2, -0.15) is 0 Å². The van der Waals surface area contributed by atoms with E-state index in [1.54, 1.807) is 0 Å². The number of fused-ring (bicyclic) bond motifs is 1. The van der Waals surface area contributed by atoms with Gasteiger partial charge in [-0.3, -0.25) is 4.79 Å². The van der Waals surface area contributed by atoms with Crippen LogP contribution in [0.25, 0.3) is 10.8 Å². The van der Waals surface area contributed by atoms with Gasteiger partial charge in [0.25, 0.3) is 0 Å². The zero-order valence-electron chi connectivity index (χ0n) is 12.4. The summed E-state index contributed by atoms with van der Waals surface area (Å²) >= 11 is 0. The summed E-state index contributed by atoms with van der Waals surface area (Å²) in [7, 11) is 1.50. The number of carboxylic acids is 1. The first-order valence-electron chi connectivity index (χ1n) is 7.09. The molecule has 0 radical (unpaired) electrons. The van der Waals surface area contributed by atoms with Crippen molar-refractivity contribution in [3.05, 3.63) is 48.0 Å². The van der Waals surface area contributed by atoms with E-state index in [2.05, 4.69) is 5.32 Å². The number of methoxy groups -OCH3 is 1. The molecule has 22 heavy (non-hydrogen) atoms. The van der Waals surface area contributed by atoms with E-state index < -0.39 is 12.0 Å². The van der Waals surface area contributed by atoms with Crippen LogP contribution in [0.2, 0.25) is 0 Å². The zero-order chi connectivity index (χ0) is 15.9. The number of amides is 1. The molecule has 0 aromatic heterocycles. The van der Waals surface area contributed by atoms with Crippen molar-refractivity contribution < 1.29 is 19.4 Å². The molecule has 5 heteroatoms. The van der Waals surface area contributed by atoms with Crippen LogP contribution in [0.1, 0.15) is 12.0 Å². The number of aliphatic carboxylic acids is 1.